The topological polar surface area (TPSA) is 93.2 Å². The van der Waals surface area contributed by atoms with Crippen LogP contribution in [0.15, 0.2) is 29.4 Å². The Labute approximate surface area is 149 Å². The van der Waals surface area contributed by atoms with Gasteiger partial charge < -0.3 is 15.4 Å². The predicted octanol–water partition coefficient (Wildman–Crippen LogP) is 2.03. The lowest BCUT2D eigenvalue weighted by Crippen LogP contribution is -2.34. The fraction of sp³-hybridized carbons (Fsp3) is 0.375. The zero-order valence-corrected chi connectivity index (χ0v) is 14.8. The summed E-state index contributed by atoms with van der Waals surface area (Å²) in [7, 11) is -3.86. The molecule has 26 heavy (non-hydrogen) atoms. The largest absolute Gasteiger partial charge is 0.474 e. The second-order valence-corrected chi connectivity index (χ2v) is 7.95. The number of rotatable bonds is 5. The molecule has 0 unspecified atom stereocenters. The van der Waals surface area contributed by atoms with E-state index >= 15 is 0 Å². The predicted molar refractivity (Wildman–Crippen MR) is 91.3 cm³/mol. The summed E-state index contributed by atoms with van der Waals surface area (Å²) in [6, 6.07) is 2.89. The number of piperidine rings is 1. The maximum absolute atomic E-state index is 14.1. The standard InChI is InChI=1S/C16H18F2N4O3S/c1-26(23,24)14-7-11(17)13(6-12(14)18)22-15-8-16(21-9-20-15)25-10-2-4-19-5-3-10/h6-10,19H,2-5H2,1H3,(H,20,21,22). The third kappa shape index (κ3) is 4.44. The van der Waals surface area contributed by atoms with Gasteiger partial charge in [-0.25, -0.2) is 27.2 Å². The van der Waals surface area contributed by atoms with Gasteiger partial charge in [0.25, 0.3) is 0 Å². The second kappa shape index (κ2) is 7.50. The highest BCUT2D eigenvalue weighted by molar-refractivity contribution is 7.90. The van der Waals surface area contributed by atoms with Crippen LogP contribution in [0, 0.1) is 11.6 Å². The van der Waals surface area contributed by atoms with Crippen LogP contribution < -0.4 is 15.4 Å². The van der Waals surface area contributed by atoms with Crippen LogP contribution >= 0.6 is 0 Å². The molecule has 1 saturated heterocycles. The molecule has 1 fully saturated rings. The maximum Gasteiger partial charge on any atom is 0.218 e. The van der Waals surface area contributed by atoms with Gasteiger partial charge in [0.2, 0.25) is 5.88 Å². The van der Waals surface area contributed by atoms with Crippen molar-refractivity contribution >= 4 is 21.3 Å². The third-order valence-corrected chi connectivity index (χ3v) is 5.01. The van der Waals surface area contributed by atoms with E-state index in [2.05, 4.69) is 20.6 Å². The quantitative estimate of drug-likeness (QED) is 0.815. The molecule has 1 aromatic carbocycles. The molecule has 0 amide bonds. The highest BCUT2D eigenvalue weighted by Crippen LogP contribution is 2.26. The van der Waals surface area contributed by atoms with Gasteiger partial charge in [0.05, 0.1) is 5.69 Å². The molecule has 1 aliphatic rings. The number of hydrogen-bond donors (Lipinski definition) is 2. The summed E-state index contributed by atoms with van der Waals surface area (Å²) in [5.74, 6) is -1.43. The van der Waals surface area contributed by atoms with Gasteiger partial charge >= 0.3 is 0 Å². The molecule has 0 aliphatic carbocycles. The summed E-state index contributed by atoms with van der Waals surface area (Å²) < 4.78 is 56.8. The molecular weight excluding hydrogens is 366 g/mol. The Hall–Kier alpha value is -2.33. The van der Waals surface area contributed by atoms with Crippen LogP contribution in [0.5, 0.6) is 5.88 Å². The van der Waals surface area contributed by atoms with Crippen molar-refractivity contribution in [2.45, 2.75) is 23.8 Å². The molecule has 140 valence electrons. The Bertz CT molecular complexity index is 902. The summed E-state index contributed by atoms with van der Waals surface area (Å²) in [4.78, 5) is 7.27. The molecular formula is C16H18F2N4O3S. The lowest BCUT2D eigenvalue weighted by Gasteiger charge is -2.23. The van der Waals surface area contributed by atoms with E-state index in [1.165, 1.54) is 12.4 Å². The average Bonchev–Trinajstić information content (AvgIpc) is 2.58. The van der Waals surface area contributed by atoms with Crippen molar-refractivity contribution in [1.82, 2.24) is 15.3 Å². The van der Waals surface area contributed by atoms with E-state index in [4.69, 9.17) is 4.74 Å². The van der Waals surface area contributed by atoms with Gasteiger partial charge in [0.15, 0.2) is 9.84 Å². The lowest BCUT2D eigenvalue weighted by molar-refractivity contribution is 0.156. The second-order valence-electron chi connectivity index (χ2n) is 5.97. The lowest BCUT2D eigenvalue weighted by atomic mass is 10.1. The molecule has 3 rings (SSSR count). The normalized spacial score (nSPS) is 15.7. The van der Waals surface area contributed by atoms with Gasteiger partial charge in [-0.05, 0) is 32.0 Å². The molecule has 0 saturated carbocycles. The molecule has 2 aromatic rings. The van der Waals surface area contributed by atoms with Gasteiger partial charge in [-0.3, -0.25) is 0 Å². The molecule has 10 heteroatoms. The Morgan fingerprint density at radius 2 is 1.88 bits per heavy atom. The first-order valence-electron chi connectivity index (χ1n) is 7.98. The van der Waals surface area contributed by atoms with Crippen LogP contribution in [0.25, 0.3) is 0 Å². The SMILES string of the molecule is CS(=O)(=O)c1cc(F)c(Nc2cc(OC3CCNCC3)ncn2)cc1F. The minimum Gasteiger partial charge on any atom is -0.474 e. The van der Waals surface area contributed by atoms with Crippen molar-refractivity contribution in [1.29, 1.82) is 0 Å². The zero-order valence-electron chi connectivity index (χ0n) is 14.0. The van der Waals surface area contributed by atoms with Crippen LogP contribution in [-0.4, -0.2) is 43.8 Å². The highest BCUT2D eigenvalue weighted by atomic mass is 32.2. The van der Waals surface area contributed by atoms with Crippen molar-refractivity contribution in [2.24, 2.45) is 0 Å². The van der Waals surface area contributed by atoms with Crippen LogP contribution in [-0.2, 0) is 9.84 Å². The average molecular weight is 384 g/mol. The summed E-state index contributed by atoms with van der Waals surface area (Å²) in [5, 5.41) is 5.84. The molecule has 2 N–H and O–H groups in total. The number of sulfone groups is 1. The van der Waals surface area contributed by atoms with Crippen molar-refractivity contribution in [2.75, 3.05) is 24.7 Å². The monoisotopic (exact) mass is 384 g/mol. The van der Waals surface area contributed by atoms with E-state index in [0.29, 0.717) is 11.9 Å². The summed E-state index contributed by atoms with van der Waals surface area (Å²) >= 11 is 0. The Morgan fingerprint density at radius 1 is 1.15 bits per heavy atom. The van der Waals surface area contributed by atoms with Crippen LogP contribution in [0.2, 0.25) is 0 Å². The molecule has 7 nitrogen and oxygen atoms in total. The molecule has 0 bridgehead atoms. The van der Waals surface area contributed by atoms with Gasteiger partial charge in [0.1, 0.15) is 34.8 Å². The first-order valence-corrected chi connectivity index (χ1v) is 9.87. The van der Waals surface area contributed by atoms with Crippen molar-refractivity contribution in [3.05, 3.63) is 36.2 Å². The number of nitrogens with one attached hydrogen (secondary N) is 2. The van der Waals surface area contributed by atoms with Crippen LogP contribution in [0.1, 0.15) is 12.8 Å². The van der Waals surface area contributed by atoms with Crippen LogP contribution in [0.4, 0.5) is 20.3 Å². The number of benzene rings is 1. The number of halogens is 2. The zero-order chi connectivity index (χ0) is 18.7. The van der Waals surface area contributed by atoms with Gasteiger partial charge in [-0.15, -0.1) is 0 Å². The molecule has 2 heterocycles. The number of anilines is 2. The Morgan fingerprint density at radius 3 is 2.58 bits per heavy atom. The number of hydrogen-bond acceptors (Lipinski definition) is 7. The fourth-order valence-corrected chi connectivity index (χ4v) is 3.33. The number of aromatic nitrogens is 2. The summed E-state index contributed by atoms with van der Waals surface area (Å²) in [6.45, 7) is 1.72. The van der Waals surface area contributed by atoms with E-state index < -0.39 is 26.4 Å². The van der Waals surface area contributed by atoms with Crippen molar-refractivity contribution in [3.63, 3.8) is 0 Å². The maximum atomic E-state index is 14.1. The Kier molecular flexibility index (Phi) is 5.33. The smallest absolute Gasteiger partial charge is 0.218 e. The molecule has 0 spiro atoms. The summed E-state index contributed by atoms with van der Waals surface area (Å²) in [5.41, 5.74) is -0.235. The minimum absolute atomic E-state index is 0.0298. The number of nitrogens with zero attached hydrogens (tertiary/aromatic N) is 2. The first kappa shape index (κ1) is 18.5. The van der Waals surface area contributed by atoms with E-state index in [1.807, 2.05) is 0 Å². The Balaban J connectivity index is 1.78. The van der Waals surface area contributed by atoms with Crippen molar-refractivity contribution < 1.29 is 21.9 Å². The third-order valence-electron chi connectivity index (χ3n) is 3.90. The van der Waals surface area contributed by atoms with Crippen molar-refractivity contribution in [3.8, 4) is 5.88 Å². The first-order chi connectivity index (χ1) is 12.3. The van der Waals surface area contributed by atoms with Gasteiger partial charge in [-0.2, -0.15) is 0 Å². The van der Waals surface area contributed by atoms with Gasteiger partial charge in [-0.1, -0.05) is 0 Å². The molecule has 1 aromatic heterocycles. The molecule has 0 radical (unpaired) electrons. The highest BCUT2D eigenvalue weighted by Gasteiger charge is 2.19. The van der Waals surface area contributed by atoms with E-state index in [1.54, 1.807) is 0 Å². The summed E-state index contributed by atoms with van der Waals surface area (Å²) in [6.07, 6.45) is 3.78. The molecule has 1 aliphatic heterocycles. The minimum atomic E-state index is -3.86. The van der Waals surface area contributed by atoms with E-state index in [0.717, 1.165) is 38.3 Å². The fourth-order valence-electron chi connectivity index (χ4n) is 2.60. The van der Waals surface area contributed by atoms with Crippen LogP contribution in [0.3, 0.4) is 0 Å². The number of ether oxygens (including phenoxy) is 1. The van der Waals surface area contributed by atoms with Gasteiger partial charge in [0, 0.05) is 18.4 Å². The van der Waals surface area contributed by atoms with E-state index in [9.17, 15) is 17.2 Å². The molecule has 0 atom stereocenters. The van der Waals surface area contributed by atoms with E-state index in [-0.39, 0.29) is 17.6 Å².